The minimum absolute atomic E-state index is 0.155. The molecular formula is C20H27NO3S. The molecular weight excluding hydrogens is 334 g/mol. The topological polar surface area (TPSA) is 54.5 Å². The van der Waals surface area contributed by atoms with E-state index in [9.17, 15) is 13.2 Å². The van der Waals surface area contributed by atoms with Gasteiger partial charge in [-0.1, -0.05) is 41.5 Å². The number of piperidine rings is 1. The van der Waals surface area contributed by atoms with Crippen LogP contribution in [0.2, 0.25) is 0 Å². The summed E-state index contributed by atoms with van der Waals surface area (Å²) < 4.78 is 27.0. The van der Waals surface area contributed by atoms with Crippen molar-refractivity contribution in [2.75, 3.05) is 13.1 Å². The van der Waals surface area contributed by atoms with E-state index in [0.29, 0.717) is 11.3 Å². The van der Waals surface area contributed by atoms with Crippen LogP contribution in [0.3, 0.4) is 0 Å². The van der Waals surface area contributed by atoms with Crippen LogP contribution in [0.25, 0.3) is 0 Å². The molecule has 1 aliphatic rings. The van der Waals surface area contributed by atoms with E-state index in [4.69, 9.17) is 0 Å². The highest BCUT2D eigenvalue weighted by molar-refractivity contribution is 7.89. The number of Topliss-reactive ketones (excluding diaryl/α,β-unsaturated/α-hetero) is 1. The number of benzene rings is 1. The maximum absolute atomic E-state index is 12.8. The van der Waals surface area contributed by atoms with Gasteiger partial charge in [0.2, 0.25) is 10.0 Å². The van der Waals surface area contributed by atoms with Gasteiger partial charge in [-0.2, -0.15) is 4.31 Å². The fraction of sp³-hybridized carbons (Fsp3) is 0.450. The molecule has 0 spiro atoms. The zero-order valence-electron chi connectivity index (χ0n) is 15.2. The summed E-state index contributed by atoms with van der Waals surface area (Å²) in [5.74, 6) is -0.0980. The molecule has 2 rings (SSSR count). The minimum Gasteiger partial charge on any atom is -0.299 e. The molecule has 0 aliphatic carbocycles. The first-order valence-electron chi connectivity index (χ1n) is 8.68. The molecule has 1 fully saturated rings. The van der Waals surface area contributed by atoms with Crippen molar-refractivity contribution in [2.24, 2.45) is 5.92 Å². The molecule has 0 aromatic heterocycles. The lowest BCUT2D eigenvalue weighted by Crippen LogP contribution is -2.43. The number of ketones is 1. The van der Waals surface area contributed by atoms with Crippen LogP contribution in [0, 0.1) is 12.8 Å². The summed E-state index contributed by atoms with van der Waals surface area (Å²) in [6.45, 7) is 6.56. The Morgan fingerprint density at radius 3 is 2.52 bits per heavy atom. The van der Waals surface area contributed by atoms with Gasteiger partial charge >= 0.3 is 0 Å². The zero-order valence-corrected chi connectivity index (χ0v) is 16.1. The molecule has 1 heterocycles. The lowest BCUT2D eigenvalue weighted by Gasteiger charge is -2.30. The van der Waals surface area contributed by atoms with E-state index in [1.807, 2.05) is 32.9 Å². The molecule has 1 aliphatic heterocycles. The SMILES string of the molecule is CC(C)=CC/C=C/CC1CN(S(=O)(=O)c2ccc(C)cc2)CCC1=O. The molecule has 25 heavy (non-hydrogen) atoms. The number of hydrogen-bond donors (Lipinski definition) is 0. The number of carbonyl (C=O) groups excluding carboxylic acids is 1. The molecule has 1 unspecified atom stereocenters. The van der Waals surface area contributed by atoms with E-state index in [0.717, 1.165) is 12.0 Å². The number of allylic oxidation sites excluding steroid dienone is 4. The normalized spacial score (nSPS) is 19.3. The molecule has 4 nitrogen and oxygen atoms in total. The number of hydrogen-bond acceptors (Lipinski definition) is 3. The quantitative estimate of drug-likeness (QED) is 0.723. The van der Waals surface area contributed by atoms with Crippen molar-refractivity contribution in [1.82, 2.24) is 4.31 Å². The summed E-state index contributed by atoms with van der Waals surface area (Å²) in [6.07, 6.45) is 7.87. The van der Waals surface area contributed by atoms with E-state index in [2.05, 4.69) is 6.08 Å². The first kappa shape index (κ1) is 19.6. The van der Waals surface area contributed by atoms with Crippen LogP contribution < -0.4 is 0 Å². The Balaban J connectivity index is 2.04. The molecule has 1 atom stereocenters. The Bertz CT molecular complexity index is 757. The van der Waals surface area contributed by atoms with E-state index in [1.54, 1.807) is 24.3 Å². The van der Waals surface area contributed by atoms with Gasteiger partial charge in [-0.25, -0.2) is 8.42 Å². The van der Waals surface area contributed by atoms with Crippen molar-refractivity contribution in [3.63, 3.8) is 0 Å². The van der Waals surface area contributed by atoms with Crippen LogP contribution in [-0.4, -0.2) is 31.6 Å². The van der Waals surface area contributed by atoms with Gasteiger partial charge in [-0.15, -0.1) is 0 Å². The fourth-order valence-corrected chi connectivity index (χ4v) is 4.31. The summed E-state index contributed by atoms with van der Waals surface area (Å²) >= 11 is 0. The van der Waals surface area contributed by atoms with Gasteiger partial charge in [0.05, 0.1) is 4.90 Å². The lowest BCUT2D eigenvalue weighted by atomic mass is 9.94. The van der Waals surface area contributed by atoms with Gasteiger partial charge in [-0.3, -0.25) is 4.79 Å². The van der Waals surface area contributed by atoms with Gasteiger partial charge < -0.3 is 0 Å². The summed E-state index contributed by atoms with van der Waals surface area (Å²) in [6, 6.07) is 6.86. The third kappa shape index (κ3) is 5.38. The van der Waals surface area contributed by atoms with Crippen molar-refractivity contribution >= 4 is 15.8 Å². The van der Waals surface area contributed by atoms with Gasteiger partial charge in [-0.05, 0) is 45.7 Å². The second-order valence-electron chi connectivity index (χ2n) is 6.81. The number of sulfonamides is 1. The summed E-state index contributed by atoms with van der Waals surface area (Å²) in [7, 11) is -3.53. The van der Waals surface area contributed by atoms with E-state index < -0.39 is 10.0 Å². The van der Waals surface area contributed by atoms with Crippen LogP contribution in [0.1, 0.15) is 38.7 Å². The molecule has 0 bridgehead atoms. The maximum atomic E-state index is 12.8. The van der Waals surface area contributed by atoms with Gasteiger partial charge in [0.15, 0.2) is 0 Å². The Hall–Kier alpha value is -1.72. The van der Waals surface area contributed by atoms with Gasteiger partial charge in [0.25, 0.3) is 0 Å². The summed E-state index contributed by atoms with van der Waals surface area (Å²) in [5.41, 5.74) is 2.28. The fourth-order valence-electron chi connectivity index (χ4n) is 2.82. The Labute approximate surface area is 151 Å². The van der Waals surface area contributed by atoms with E-state index in [-0.39, 0.29) is 31.2 Å². The van der Waals surface area contributed by atoms with Crippen molar-refractivity contribution < 1.29 is 13.2 Å². The van der Waals surface area contributed by atoms with Crippen molar-refractivity contribution in [3.8, 4) is 0 Å². The standard InChI is InChI=1S/C20H27NO3S/c1-16(2)7-5-4-6-8-18-15-21(14-13-20(18)22)25(23,24)19-11-9-17(3)10-12-19/h4,6-7,9-12,18H,5,8,13-15H2,1-3H3/b6-4+. The highest BCUT2D eigenvalue weighted by Crippen LogP contribution is 2.24. The molecule has 5 heteroatoms. The zero-order chi connectivity index (χ0) is 18.4. The molecule has 1 saturated heterocycles. The number of aryl methyl sites for hydroxylation is 1. The summed E-state index contributed by atoms with van der Waals surface area (Å²) in [5, 5.41) is 0. The molecule has 0 radical (unpaired) electrons. The lowest BCUT2D eigenvalue weighted by molar-refractivity contribution is -0.124. The average Bonchev–Trinajstić information content (AvgIpc) is 2.56. The third-order valence-electron chi connectivity index (χ3n) is 4.40. The predicted octanol–water partition coefficient (Wildman–Crippen LogP) is 3.88. The molecule has 1 aromatic rings. The Kier molecular flexibility index (Phi) is 6.73. The highest BCUT2D eigenvalue weighted by atomic mass is 32.2. The van der Waals surface area contributed by atoms with Crippen molar-refractivity contribution in [2.45, 2.75) is 44.9 Å². The average molecular weight is 362 g/mol. The van der Waals surface area contributed by atoms with E-state index in [1.165, 1.54) is 9.88 Å². The second kappa shape index (κ2) is 8.59. The smallest absolute Gasteiger partial charge is 0.243 e. The Morgan fingerprint density at radius 1 is 1.20 bits per heavy atom. The van der Waals surface area contributed by atoms with Crippen LogP contribution >= 0.6 is 0 Å². The van der Waals surface area contributed by atoms with Gasteiger partial charge in [0.1, 0.15) is 5.78 Å². The van der Waals surface area contributed by atoms with Crippen LogP contribution in [-0.2, 0) is 14.8 Å². The maximum Gasteiger partial charge on any atom is 0.243 e. The molecule has 0 amide bonds. The molecule has 136 valence electrons. The third-order valence-corrected chi connectivity index (χ3v) is 6.27. The molecule has 0 saturated carbocycles. The first-order valence-corrected chi connectivity index (χ1v) is 10.1. The van der Waals surface area contributed by atoms with E-state index >= 15 is 0 Å². The first-order chi connectivity index (χ1) is 11.8. The van der Waals surface area contributed by atoms with Crippen molar-refractivity contribution in [1.29, 1.82) is 0 Å². The molecule has 1 aromatic carbocycles. The van der Waals surface area contributed by atoms with Crippen molar-refractivity contribution in [3.05, 3.63) is 53.6 Å². The highest BCUT2D eigenvalue weighted by Gasteiger charge is 2.33. The monoisotopic (exact) mass is 361 g/mol. The van der Waals surface area contributed by atoms with Gasteiger partial charge in [0, 0.05) is 25.4 Å². The largest absolute Gasteiger partial charge is 0.299 e. The predicted molar refractivity (Wildman–Crippen MR) is 101 cm³/mol. The summed E-state index contributed by atoms with van der Waals surface area (Å²) in [4.78, 5) is 12.4. The van der Waals surface area contributed by atoms with Crippen LogP contribution in [0.5, 0.6) is 0 Å². The second-order valence-corrected chi connectivity index (χ2v) is 8.75. The van der Waals surface area contributed by atoms with Crippen LogP contribution in [0.15, 0.2) is 53.0 Å². The van der Waals surface area contributed by atoms with Crippen LogP contribution in [0.4, 0.5) is 0 Å². The number of rotatable bonds is 6. The molecule has 0 N–H and O–H groups in total. The minimum atomic E-state index is -3.53. The number of carbonyl (C=O) groups is 1. The number of nitrogens with zero attached hydrogens (tertiary/aromatic N) is 1. The Morgan fingerprint density at radius 2 is 1.88 bits per heavy atom.